The predicted octanol–water partition coefficient (Wildman–Crippen LogP) is 6.56. The first-order chi connectivity index (χ1) is 21.5. The number of H-pyrrole nitrogens is 1. The summed E-state index contributed by atoms with van der Waals surface area (Å²) in [6.07, 6.45) is -1.23. The molecule has 0 bridgehead atoms. The maximum absolute atomic E-state index is 14.5. The molecule has 234 valence electrons. The van der Waals surface area contributed by atoms with Gasteiger partial charge in [0.15, 0.2) is 17.4 Å². The van der Waals surface area contributed by atoms with Crippen molar-refractivity contribution >= 4 is 17.3 Å². The molecule has 1 aliphatic carbocycles. The second kappa shape index (κ2) is 12.3. The Labute approximate surface area is 260 Å². The number of ether oxygens (including phenoxy) is 1. The van der Waals surface area contributed by atoms with Crippen molar-refractivity contribution in [2.24, 2.45) is 5.41 Å². The van der Waals surface area contributed by atoms with Crippen LogP contribution in [0.1, 0.15) is 35.5 Å². The minimum absolute atomic E-state index is 0.0128. The van der Waals surface area contributed by atoms with E-state index in [0.29, 0.717) is 44.7 Å². The van der Waals surface area contributed by atoms with E-state index in [-0.39, 0.29) is 28.8 Å². The Bertz CT molecular complexity index is 1740. The number of pyridine rings is 1. The Hall–Kier alpha value is -4.28. The van der Waals surface area contributed by atoms with Gasteiger partial charge in [0, 0.05) is 66.8 Å². The molecule has 1 aliphatic heterocycles. The monoisotopic (exact) mass is 643 g/mol. The molecule has 0 unspecified atom stereocenters. The van der Waals surface area contributed by atoms with E-state index in [9.17, 15) is 27.2 Å². The SMILES string of the molecule is N#CC1(Cc2cc(-c3nnc(C(F)(F)F)[nH]3)cnc2CN2CCN(c3ccc(F)c(OCc4ccc(Cl)cc4F)c3)CC2)CC1. The van der Waals surface area contributed by atoms with Crippen molar-refractivity contribution in [1.29, 1.82) is 5.26 Å². The van der Waals surface area contributed by atoms with Gasteiger partial charge in [-0.2, -0.15) is 18.4 Å². The lowest BCUT2D eigenvalue weighted by atomic mass is 9.95. The average Bonchev–Trinajstić information content (AvgIpc) is 3.59. The molecule has 1 saturated carbocycles. The zero-order valence-electron chi connectivity index (χ0n) is 23.8. The molecule has 14 heteroatoms. The lowest BCUT2D eigenvalue weighted by Crippen LogP contribution is -2.46. The van der Waals surface area contributed by atoms with E-state index in [1.165, 1.54) is 24.4 Å². The van der Waals surface area contributed by atoms with E-state index in [1.54, 1.807) is 24.3 Å². The number of rotatable bonds is 9. The first-order valence-corrected chi connectivity index (χ1v) is 14.6. The number of aromatic nitrogens is 4. The molecule has 8 nitrogen and oxygen atoms in total. The normalized spacial score (nSPS) is 16.4. The molecule has 0 amide bonds. The molecule has 2 fully saturated rings. The van der Waals surface area contributed by atoms with E-state index < -0.39 is 29.1 Å². The Kier molecular flexibility index (Phi) is 8.37. The van der Waals surface area contributed by atoms with Crippen LogP contribution in [0.15, 0.2) is 48.7 Å². The lowest BCUT2D eigenvalue weighted by molar-refractivity contribution is -0.144. The van der Waals surface area contributed by atoms with Crippen molar-refractivity contribution < 1.29 is 26.7 Å². The van der Waals surface area contributed by atoms with Crippen molar-refractivity contribution in [2.75, 3.05) is 31.1 Å². The number of benzene rings is 2. The summed E-state index contributed by atoms with van der Waals surface area (Å²) in [6, 6.07) is 12.9. The van der Waals surface area contributed by atoms with Crippen LogP contribution in [-0.2, 0) is 25.7 Å². The molecular weight excluding hydrogens is 617 g/mol. The Morgan fingerprint density at radius 3 is 2.42 bits per heavy atom. The van der Waals surface area contributed by atoms with Gasteiger partial charge in [0.2, 0.25) is 5.82 Å². The van der Waals surface area contributed by atoms with Crippen LogP contribution >= 0.6 is 11.6 Å². The van der Waals surface area contributed by atoms with Gasteiger partial charge in [0.1, 0.15) is 12.4 Å². The predicted molar refractivity (Wildman–Crippen MR) is 155 cm³/mol. The minimum Gasteiger partial charge on any atom is -0.486 e. The highest BCUT2D eigenvalue weighted by Crippen LogP contribution is 2.48. The zero-order chi connectivity index (χ0) is 31.8. The van der Waals surface area contributed by atoms with Crippen LogP contribution in [0.3, 0.4) is 0 Å². The van der Waals surface area contributed by atoms with E-state index >= 15 is 0 Å². The summed E-state index contributed by atoms with van der Waals surface area (Å²) in [4.78, 5) is 11.1. The van der Waals surface area contributed by atoms with E-state index in [4.69, 9.17) is 16.3 Å². The Morgan fingerprint density at radius 1 is 0.978 bits per heavy atom. The molecule has 45 heavy (non-hydrogen) atoms. The van der Waals surface area contributed by atoms with E-state index in [2.05, 4.69) is 36.0 Å². The van der Waals surface area contributed by atoms with E-state index in [0.717, 1.165) is 29.8 Å². The maximum atomic E-state index is 14.5. The number of nitriles is 1. The number of hydrogen-bond acceptors (Lipinski definition) is 7. The number of hydrogen-bond donors (Lipinski definition) is 1. The Balaban J connectivity index is 1.12. The van der Waals surface area contributed by atoms with Gasteiger partial charge in [-0.15, -0.1) is 10.2 Å². The van der Waals surface area contributed by atoms with Gasteiger partial charge in [-0.3, -0.25) is 9.88 Å². The van der Waals surface area contributed by atoms with Crippen LogP contribution in [-0.4, -0.2) is 51.2 Å². The topological polar surface area (TPSA) is 94.0 Å². The number of piperazine rings is 1. The van der Waals surface area contributed by atoms with Crippen LogP contribution in [0, 0.1) is 28.4 Å². The van der Waals surface area contributed by atoms with Crippen molar-refractivity contribution in [2.45, 2.75) is 38.6 Å². The summed E-state index contributed by atoms with van der Waals surface area (Å²) in [6.45, 7) is 2.91. The molecule has 1 saturated heterocycles. The molecule has 0 radical (unpaired) electrons. The standard InChI is InChI=1S/C31H27ClF5N7O/c32-22-2-1-19(25(34)12-22)17-45-27-13-23(3-4-24(27)33)44-9-7-43(8-10-44)16-26-20(14-30(18-38)5-6-30)11-21(15-39-26)28-40-29(42-41-28)31(35,36)37/h1-4,11-13,15H,5-10,14,16-17H2,(H,40,41,42). The fourth-order valence-corrected chi connectivity index (χ4v) is 5.46. The van der Waals surface area contributed by atoms with Gasteiger partial charge in [-0.25, -0.2) is 8.78 Å². The summed E-state index contributed by atoms with van der Waals surface area (Å²) in [5.74, 6) is -2.31. The maximum Gasteiger partial charge on any atom is 0.451 e. The van der Waals surface area contributed by atoms with Crippen LogP contribution < -0.4 is 9.64 Å². The van der Waals surface area contributed by atoms with Crippen LogP contribution in [0.5, 0.6) is 5.75 Å². The smallest absolute Gasteiger partial charge is 0.451 e. The summed E-state index contributed by atoms with van der Waals surface area (Å²) in [5.41, 5.74) is 2.43. The highest BCUT2D eigenvalue weighted by Gasteiger charge is 2.43. The summed E-state index contributed by atoms with van der Waals surface area (Å²) in [7, 11) is 0. The van der Waals surface area contributed by atoms with Gasteiger partial charge in [0.05, 0.1) is 17.2 Å². The first kappa shape index (κ1) is 30.7. The number of nitrogens with zero attached hydrogens (tertiary/aromatic N) is 6. The third-order valence-corrected chi connectivity index (χ3v) is 8.37. The van der Waals surface area contributed by atoms with Crippen LogP contribution in [0.25, 0.3) is 11.4 Å². The number of nitrogens with one attached hydrogen (secondary N) is 1. The van der Waals surface area contributed by atoms with Crippen LogP contribution in [0.4, 0.5) is 27.6 Å². The molecule has 4 aromatic rings. The van der Waals surface area contributed by atoms with Crippen molar-refractivity contribution in [3.8, 4) is 23.2 Å². The minimum atomic E-state index is -4.65. The molecule has 0 atom stereocenters. The number of halogens is 6. The quantitative estimate of drug-likeness (QED) is 0.206. The summed E-state index contributed by atoms with van der Waals surface area (Å²) in [5, 5.41) is 16.8. The summed E-state index contributed by atoms with van der Waals surface area (Å²) >= 11 is 5.80. The van der Waals surface area contributed by atoms with Crippen LogP contribution in [0.2, 0.25) is 5.02 Å². The third-order valence-electron chi connectivity index (χ3n) is 8.13. The molecule has 2 aliphatic rings. The molecule has 6 rings (SSSR count). The molecule has 2 aromatic heterocycles. The number of anilines is 1. The first-order valence-electron chi connectivity index (χ1n) is 14.2. The number of alkyl halides is 3. The molecule has 1 N–H and O–H groups in total. The van der Waals surface area contributed by atoms with Gasteiger partial charge < -0.3 is 14.6 Å². The van der Waals surface area contributed by atoms with Crippen molar-refractivity contribution in [1.82, 2.24) is 25.1 Å². The average molecular weight is 644 g/mol. The van der Waals surface area contributed by atoms with Gasteiger partial charge in [-0.05, 0) is 55.2 Å². The second-order valence-corrected chi connectivity index (χ2v) is 11.8. The van der Waals surface area contributed by atoms with Crippen molar-refractivity contribution in [3.63, 3.8) is 0 Å². The van der Waals surface area contributed by atoms with E-state index in [1.807, 2.05) is 0 Å². The fraction of sp³-hybridized carbons (Fsp3) is 0.355. The molecular formula is C31H27ClF5N7O. The summed E-state index contributed by atoms with van der Waals surface area (Å²) < 4.78 is 73.5. The molecule has 0 spiro atoms. The number of aromatic amines is 1. The molecule has 3 heterocycles. The largest absolute Gasteiger partial charge is 0.486 e. The fourth-order valence-electron chi connectivity index (χ4n) is 5.30. The van der Waals surface area contributed by atoms with Gasteiger partial charge in [-0.1, -0.05) is 17.7 Å². The third kappa shape index (κ3) is 7.02. The Morgan fingerprint density at radius 2 is 1.76 bits per heavy atom. The molecule has 2 aromatic carbocycles. The van der Waals surface area contributed by atoms with Gasteiger partial charge >= 0.3 is 6.18 Å². The van der Waals surface area contributed by atoms with Gasteiger partial charge in [0.25, 0.3) is 0 Å². The van der Waals surface area contributed by atoms with Crippen molar-refractivity contribution in [3.05, 3.63) is 88.0 Å². The highest BCUT2D eigenvalue weighted by molar-refractivity contribution is 6.30. The zero-order valence-corrected chi connectivity index (χ0v) is 24.6. The second-order valence-electron chi connectivity index (χ2n) is 11.3. The highest BCUT2D eigenvalue weighted by atomic mass is 35.5. The lowest BCUT2D eigenvalue weighted by Gasteiger charge is -2.36.